The highest BCUT2D eigenvalue weighted by molar-refractivity contribution is 9.10. The Morgan fingerprint density at radius 3 is 2.35 bits per heavy atom. The van der Waals surface area contributed by atoms with E-state index in [2.05, 4.69) is 28.9 Å². The normalized spacial score (nSPS) is 18.7. The lowest BCUT2D eigenvalue weighted by Gasteiger charge is -2.17. The molecule has 0 bridgehead atoms. The highest BCUT2D eigenvalue weighted by Gasteiger charge is 2.23. The molecule has 0 aromatic carbocycles. The maximum absolute atomic E-state index is 12.5. The molecule has 1 fully saturated rings. The van der Waals surface area contributed by atoms with E-state index in [9.17, 15) is 4.79 Å². The first-order valence-electron chi connectivity index (χ1n) is 6.48. The molecule has 1 aromatic heterocycles. The van der Waals surface area contributed by atoms with E-state index in [1.807, 2.05) is 0 Å². The summed E-state index contributed by atoms with van der Waals surface area (Å²) in [7, 11) is 0. The second-order valence-electron chi connectivity index (χ2n) is 4.94. The van der Waals surface area contributed by atoms with E-state index in [0.29, 0.717) is 5.78 Å². The minimum atomic E-state index is 0.268. The summed E-state index contributed by atoms with van der Waals surface area (Å²) in [5.41, 5.74) is 0. The Bertz CT molecular complexity index is 389. The Labute approximate surface area is 116 Å². The van der Waals surface area contributed by atoms with Crippen LogP contribution in [0.5, 0.6) is 0 Å². The van der Waals surface area contributed by atoms with Gasteiger partial charge in [-0.3, -0.25) is 4.79 Å². The van der Waals surface area contributed by atoms with Crippen molar-refractivity contribution < 1.29 is 4.79 Å². The van der Waals surface area contributed by atoms with Crippen LogP contribution >= 0.6 is 27.3 Å². The van der Waals surface area contributed by atoms with Crippen molar-refractivity contribution in [3.8, 4) is 0 Å². The molecule has 94 valence electrons. The molecule has 0 aliphatic heterocycles. The fraction of sp³-hybridized carbons (Fsp3) is 0.643. The Morgan fingerprint density at radius 1 is 1.24 bits per heavy atom. The van der Waals surface area contributed by atoms with Crippen LogP contribution in [0.2, 0.25) is 0 Å². The summed E-state index contributed by atoms with van der Waals surface area (Å²) < 4.78 is 0.993. The lowest BCUT2D eigenvalue weighted by atomic mass is 9.88. The maximum atomic E-state index is 12.5. The minimum absolute atomic E-state index is 0.268. The summed E-state index contributed by atoms with van der Waals surface area (Å²) in [6, 6.07) is 2.06. The van der Waals surface area contributed by atoms with Crippen molar-refractivity contribution in [1.82, 2.24) is 0 Å². The largest absolute Gasteiger partial charge is 0.293 e. The quantitative estimate of drug-likeness (QED) is 0.671. The Kier molecular flexibility index (Phi) is 4.80. The summed E-state index contributed by atoms with van der Waals surface area (Å²) in [6.45, 7) is 2.06. The number of aryl methyl sites for hydroxylation is 1. The molecule has 0 radical (unpaired) electrons. The predicted octanol–water partition coefficient (Wildman–Crippen LogP) is 5.36. The smallest absolute Gasteiger partial charge is 0.177 e. The second kappa shape index (κ2) is 6.14. The van der Waals surface area contributed by atoms with Crippen LogP contribution in [0.1, 0.15) is 59.5 Å². The van der Waals surface area contributed by atoms with Gasteiger partial charge in [-0.25, -0.2) is 0 Å². The van der Waals surface area contributed by atoms with Crippen LogP contribution < -0.4 is 0 Å². The van der Waals surface area contributed by atoms with Gasteiger partial charge < -0.3 is 0 Å². The fourth-order valence-electron chi connectivity index (χ4n) is 2.55. The molecule has 3 heteroatoms. The molecule has 2 rings (SSSR count). The van der Waals surface area contributed by atoms with Crippen molar-refractivity contribution in [1.29, 1.82) is 0 Å². The van der Waals surface area contributed by atoms with Gasteiger partial charge in [0.05, 0.1) is 4.88 Å². The highest BCUT2D eigenvalue weighted by atomic mass is 79.9. The van der Waals surface area contributed by atoms with E-state index in [4.69, 9.17) is 0 Å². The molecule has 1 aliphatic rings. The molecule has 0 N–H and O–H groups in total. The number of rotatable bonds is 2. The third-order valence-electron chi connectivity index (χ3n) is 3.51. The van der Waals surface area contributed by atoms with Crippen molar-refractivity contribution in [2.75, 3.05) is 0 Å². The molecule has 1 saturated carbocycles. The Morgan fingerprint density at radius 2 is 1.82 bits per heavy atom. The standard InChI is InChI=1S/C14H19BrOS/c1-10-9-12(15)14(17-10)13(16)11-7-5-3-2-4-6-8-11/h9,11H,2-8H2,1H3. The van der Waals surface area contributed by atoms with Crippen molar-refractivity contribution in [3.63, 3.8) is 0 Å². The molecule has 0 atom stereocenters. The number of carbonyl (C=O) groups is 1. The zero-order valence-corrected chi connectivity index (χ0v) is 12.7. The predicted molar refractivity (Wildman–Crippen MR) is 76.9 cm³/mol. The molecule has 0 unspecified atom stereocenters. The monoisotopic (exact) mass is 314 g/mol. The summed E-state index contributed by atoms with van der Waals surface area (Å²) in [5, 5.41) is 0. The number of thiophene rings is 1. The molecule has 0 spiro atoms. The van der Waals surface area contributed by atoms with Crippen molar-refractivity contribution >= 4 is 33.0 Å². The van der Waals surface area contributed by atoms with E-state index in [1.54, 1.807) is 11.3 Å². The van der Waals surface area contributed by atoms with Crippen molar-refractivity contribution in [3.05, 3.63) is 20.3 Å². The van der Waals surface area contributed by atoms with E-state index in [-0.39, 0.29) is 5.92 Å². The van der Waals surface area contributed by atoms with E-state index in [1.165, 1.54) is 37.0 Å². The van der Waals surface area contributed by atoms with Gasteiger partial charge in [-0.2, -0.15) is 0 Å². The van der Waals surface area contributed by atoms with Crippen LogP contribution in [0.15, 0.2) is 10.5 Å². The SMILES string of the molecule is Cc1cc(Br)c(C(=O)C2CCCCCCC2)s1. The molecule has 0 saturated heterocycles. The first kappa shape index (κ1) is 13.3. The van der Waals surface area contributed by atoms with E-state index >= 15 is 0 Å². The summed E-state index contributed by atoms with van der Waals surface area (Å²) in [6.07, 6.45) is 8.56. The molecule has 17 heavy (non-hydrogen) atoms. The first-order chi connectivity index (χ1) is 8.18. The topological polar surface area (TPSA) is 17.1 Å². The van der Waals surface area contributed by atoms with Crippen LogP contribution in [0.3, 0.4) is 0 Å². The molecule has 1 nitrogen and oxygen atoms in total. The van der Waals surface area contributed by atoms with Gasteiger partial charge in [0.1, 0.15) is 0 Å². The minimum Gasteiger partial charge on any atom is -0.293 e. The van der Waals surface area contributed by atoms with Gasteiger partial charge in [0.15, 0.2) is 5.78 Å². The van der Waals surface area contributed by atoms with E-state index < -0.39 is 0 Å². The van der Waals surface area contributed by atoms with Gasteiger partial charge in [-0.05, 0) is 41.8 Å². The number of carbonyl (C=O) groups excluding carboxylic acids is 1. The van der Waals surface area contributed by atoms with Gasteiger partial charge in [-0.15, -0.1) is 11.3 Å². The van der Waals surface area contributed by atoms with E-state index in [0.717, 1.165) is 22.2 Å². The lowest BCUT2D eigenvalue weighted by molar-refractivity contribution is 0.0902. The second-order valence-corrected chi connectivity index (χ2v) is 7.05. The van der Waals surface area contributed by atoms with Crippen LogP contribution in [-0.2, 0) is 0 Å². The summed E-state index contributed by atoms with van der Waals surface area (Å²) in [4.78, 5) is 14.6. The number of hydrogen-bond donors (Lipinski definition) is 0. The van der Waals surface area contributed by atoms with Gasteiger partial charge in [-0.1, -0.05) is 32.1 Å². The Hall–Kier alpha value is -0.150. The molecule has 0 amide bonds. The van der Waals surface area contributed by atoms with Crippen molar-refractivity contribution in [2.45, 2.75) is 51.9 Å². The van der Waals surface area contributed by atoms with Gasteiger partial charge in [0.2, 0.25) is 0 Å². The van der Waals surface area contributed by atoms with Gasteiger partial charge in [0.25, 0.3) is 0 Å². The lowest BCUT2D eigenvalue weighted by Crippen LogP contribution is -2.15. The molecule has 1 aromatic rings. The average molecular weight is 315 g/mol. The third kappa shape index (κ3) is 3.41. The molecule has 1 aliphatic carbocycles. The Balaban J connectivity index is 2.09. The average Bonchev–Trinajstić information content (AvgIpc) is 2.56. The fourth-order valence-corrected chi connectivity index (χ4v) is 4.41. The van der Waals surface area contributed by atoms with Crippen LogP contribution in [0, 0.1) is 12.8 Å². The summed E-state index contributed by atoms with van der Waals surface area (Å²) in [5.74, 6) is 0.640. The summed E-state index contributed by atoms with van der Waals surface area (Å²) >= 11 is 5.14. The zero-order valence-electron chi connectivity index (χ0n) is 10.3. The van der Waals surface area contributed by atoms with Crippen LogP contribution in [-0.4, -0.2) is 5.78 Å². The third-order valence-corrected chi connectivity index (χ3v) is 5.46. The highest BCUT2D eigenvalue weighted by Crippen LogP contribution is 2.32. The molecule has 1 heterocycles. The van der Waals surface area contributed by atoms with Crippen LogP contribution in [0.25, 0.3) is 0 Å². The van der Waals surface area contributed by atoms with Crippen LogP contribution in [0.4, 0.5) is 0 Å². The number of halogens is 1. The number of ketones is 1. The number of Topliss-reactive ketones (excluding diaryl/α,β-unsaturated/α-hetero) is 1. The molecular weight excluding hydrogens is 296 g/mol. The first-order valence-corrected chi connectivity index (χ1v) is 8.09. The number of hydrogen-bond acceptors (Lipinski definition) is 2. The van der Waals surface area contributed by atoms with Gasteiger partial charge in [0, 0.05) is 15.3 Å². The zero-order chi connectivity index (χ0) is 12.3. The van der Waals surface area contributed by atoms with Crippen molar-refractivity contribution in [2.24, 2.45) is 5.92 Å². The molecular formula is C14H19BrOS. The maximum Gasteiger partial charge on any atom is 0.177 e. The van der Waals surface area contributed by atoms with Gasteiger partial charge >= 0.3 is 0 Å².